The van der Waals surface area contributed by atoms with E-state index in [1.165, 1.54) is 4.90 Å². The van der Waals surface area contributed by atoms with E-state index in [0.717, 1.165) is 17.1 Å². The van der Waals surface area contributed by atoms with Crippen molar-refractivity contribution in [1.29, 1.82) is 0 Å². The van der Waals surface area contributed by atoms with E-state index in [4.69, 9.17) is 20.9 Å². The summed E-state index contributed by atoms with van der Waals surface area (Å²) in [5, 5.41) is 2.80. The van der Waals surface area contributed by atoms with Crippen molar-refractivity contribution in [3.05, 3.63) is 64.7 Å². The van der Waals surface area contributed by atoms with Crippen molar-refractivity contribution in [2.45, 2.75) is 13.5 Å². The van der Waals surface area contributed by atoms with Gasteiger partial charge in [0.25, 0.3) is 11.8 Å². The fourth-order valence-electron chi connectivity index (χ4n) is 3.06. The lowest BCUT2D eigenvalue weighted by molar-refractivity contribution is -0.119. The summed E-state index contributed by atoms with van der Waals surface area (Å²) in [6.07, 6.45) is 0. The number of carbonyl (C=O) groups excluding carboxylic acids is 3. The third kappa shape index (κ3) is 5.81. The fourth-order valence-corrected chi connectivity index (χ4v) is 3.82. The average molecular weight is 484 g/mol. The highest BCUT2D eigenvalue weighted by Crippen LogP contribution is 2.27. The number of carbonyl (C=O) groups is 3. The van der Waals surface area contributed by atoms with Crippen molar-refractivity contribution in [2.75, 3.05) is 30.9 Å². The number of benzene rings is 2. The summed E-state index contributed by atoms with van der Waals surface area (Å²) in [6.45, 7) is 2.33. The summed E-state index contributed by atoms with van der Waals surface area (Å²) in [7, 11) is 1.57. The number of hydrogen-bond donors (Lipinski definition) is 3. The SMILES string of the molecule is CCOc1ccc(N(CC(=O)NCc2ccc(OC)cc2)C(=O)c2snc(C(N)=O)c2N)cc1. The van der Waals surface area contributed by atoms with Crippen LogP contribution in [0.1, 0.15) is 32.6 Å². The maximum Gasteiger partial charge on any atom is 0.272 e. The van der Waals surface area contributed by atoms with Gasteiger partial charge < -0.3 is 26.3 Å². The van der Waals surface area contributed by atoms with Gasteiger partial charge in [-0.2, -0.15) is 4.37 Å². The molecule has 11 heteroatoms. The number of amides is 3. The van der Waals surface area contributed by atoms with Crippen molar-refractivity contribution in [1.82, 2.24) is 9.69 Å². The van der Waals surface area contributed by atoms with Crippen LogP contribution in [0, 0.1) is 0 Å². The number of aromatic nitrogens is 1. The molecular weight excluding hydrogens is 458 g/mol. The quantitative estimate of drug-likeness (QED) is 0.400. The summed E-state index contributed by atoms with van der Waals surface area (Å²) in [5.41, 5.74) is 12.2. The van der Waals surface area contributed by atoms with E-state index < -0.39 is 17.7 Å². The van der Waals surface area contributed by atoms with E-state index in [2.05, 4.69) is 9.69 Å². The van der Waals surface area contributed by atoms with E-state index >= 15 is 0 Å². The van der Waals surface area contributed by atoms with Gasteiger partial charge >= 0.3 is 0 Å². The number of methoxy groups -OCH3 is 1. The second kappa shape index (κ2) is 11.1. The van der Waals surface area contributed by atoms with Crippen LogP contribution in [0.5, 0.6) is 11.5 Å². The van der Waals surface area contributed by atoms with Crippen LogP contribution in [-0.4, -0.2) is 42.4 Å². The van der Waals surface area contributed by atoms with Gasteiger partial charge in [0.05, 0.1) is 19.4 Å². The molecule has 10 nitrogen and oxygen atoms in total. The molecule has 3 rings (SSSR count). The maximum atomic E-state index is 13.3. The minimum atomic E-state index is -0.836. The summed E-state index contributed by atoms with van der Waals surface area (Å²) >= 11 is 0.752. The van der Waals surface area contributed by atoms with Gasteiger partial charge in [0, 0.05) is 12.2 Å². The lowest BCUT2D eigenvalue weighted by Crippen LogP contribution is -2.40. The molecule has 5 N–H and O–H groups in total. The highest BCUT2D eigenvalue weighted by atomic mass is 32.1. The van der Waals surface area contributed by atoms with Gasteiger partial charge in [-0.05, 0) is 60.4 Å². The number of anilines is 2. The minimum Gasteiger partial charge on any atom is -0.497 e. The number of ether oxygens (including phenoxy) is 2. The Balaban J connectivity index is 1.81. The maximum absolute atomic E-state index is 13.3. The Labute approximate surface area is 200 Å². The topological polar surface area (TPSA) is 150 Å². The average Bonchev–Trinajstić information content (AvgIpc) is 3.23. The third-order valence-corrected chi connectivity index (χ3v) is 5.66. The fraction of sp³-hybridized carbons (Fsp3) is 0.217. The van der Waals surface area contributed by atoms with E-state index in [1.807, 2.05) is 19.1 Å². The Bertz CT molecular complexity index is 1160. The van der Waals surface area contributed by atoms with Crippen molar-refractivity contribution in [3.8, 4) is 11.5 Å². The molecule has 0 bridgehead atoms. The molecule has 0 fully saturated rings. The Morgan fingerprint density at radius 2 is 1.71 bits per heavy atom. The molecule has 1 heterocycles. The van der Waals surface area contributed by atoms with Crippen LogP contribution in [0.4, 0.5) is 11.4 Å². The van der Waals surface area contributed by atoms with Crippen LogP contribution >= 0.6 is 11.5 Å². The van der Waals surface area contributed by atoms with Crippen LogP contribution in [0.15, 0.2) is 48.5 Å². The van der Waals surface area contributed by atoms with Crippen LogP contribution in [-0.2, 0) is 11.3 Å². The molecule has 0 saturated carbocycles. The molecule has 178 valence electrons. The summed E-state index contributed by atoms with van der Waals surface area (Å²) in [5.74, 6) is -0.476. The molecule has 34 heavy (non-hydrogen) atoms. The van der Waals surface area contributed by atoms with Crippen LogP contribution in [0.2, 0.25) is 0 Å². The highest BCUT2D eigenvalue weighted by molar-refractivity contribution is 7.09. The van der Waals surface area contributed by atoms with Crippen molar-refractivity contribution < 1.29 is 23.9 Å². The van der Waals surface area contributed by atoms with Crippen molar-refractivity contribution in [2.24, 2.45) is 5.73 Å². The van der Waals surface area contributed by atoms with Gasteiger partial charge in [-0.3, -0.25) is 19.3 Å². The van der Waals surface area contributed by atoms with Gasteiger partial charge in [0.1, 0.15) is 22.9 Å². The zero-order valence-electron chi connectivity index (χ0n) is 18.7. The molecular formula is C23H25N5O5S. The molecule has 0 aliphatic carbocycles. The number of primary amides is 1. The molecule has 0 aliphatic heterocycles. The number of nitrogens with one attached hydrogen (secondary N) is 1. The number of hydrogen-bond acceptors (Lipinski definition) is 8. The molecule has 0 unspecified atom stereocenters. The van der Waals surface area contributed by atoms with E-state index in [1.54, 1.807) is 43.5 Å². The van der Waals surface area contributed by atoms with Gasteiger partial charge in [-0.25, -0.2) is 0 Å². The highest BCUT2D eigenvalue weighted by Gasteiger charge is 2.27. The Hall–Kier alpha value is -4.12. The first-order valence-corrected chi connectivity index (χ1v) is 11.1. The first-order valence-electron chi connectivity index (χ1n) is 10.3. The van der Waals surface area contributed by atoms with Crippen molar-refractivity contribution >= 4 is 40.6 Å². The second-order valence-corrected chi connectivity index (χ2v) is 7.85. The molecule has 3 amide bonds. The standard InChI is InChI=1S/C23H25N5O5S/c1-3-33-17-10-6-15(7-11-17)28(23(31)21-19(24)20(22(25)30)27-34-21)13-18(29)26-12-14-4-8-16(32-2)9-5-14/h4-11H,3,12-13,24H2,1-2H3,(H2,25,30)(H,26,29). The predicted molar refractivity (Wildman–Crippen MR) is 129 cm³/mol. The molecule has 2 aromatic carbocycles. The van der Waals surface area contributed by atoms with Crippen LogP contribution in [0.3, 0.4) is 0 Å². The Morgan fingerprint density at radius 1 is 1.06 bits per heavy atom. The lowest BCUT2D eigenvalue weighted by atomic mass is 10.2. The molecule has 3 aromatic rings. The molecule has 0 spiro atoms. The molecule has 1 aromatic heterocycles. The molecule has 0 atom stereocenters. The van der Waals surface area contributed by atoms with E-state index in [0.29, 0.717) is 23.8 Å². The first kappa shape index (κ1) is 24.5. The van der Waals surface area contributed by atoms with E-state index in [9.17, 15) is 14.4 Å². The van der Waals surface area contributed by atoms with Gasteiger partial charge in [-0.15, -0.1) is 0 Å². The minimum absolute atomic E-state index is 0.0191. The summed E-state index contributed by atoms with van der Waals surface area (Å²) in [6, 6.07) is 14.0. The number of rotatable bonds is 10. The normalized spacial score (nSPS) is 10.4. The number of nitrogen functional groups attached to an aromatic ring is 1. The monoisotopic (exact) mass is 483 g/mol. The molecule has 0 saturated heterocycles. The predicted octanol–water partition coefficient (Wildman–Crippen LogP) is 2.19. The number of nitrogens with zero attached hydrogens (tertiary/aromatic N) is 2. The first-order chi connectivity index (χ1) is 16.3. The summed E-state index contributed by atoms with van der Waals surface area (Å²) in [4.78, 5) is 38.9. The van der Waals surface area contributed by atoms with Crippen LogP contribution in [0.25, 0.3) is 0 Å². The second-order valence-electron chi connectivity index (χ2n) is 7.08. The van der Waals surface area contributed by atoms with Gasteiger partial charge in [0.15, 0.2) is 5.69 Å². The molecule has 0 radical (unpaired) electrons. The van der Waals surface area contributed by atoms with Crippen molar-refractivity contribution in [3.63, 3.8) is 0 Å². The summed E-state index contributed by atoms with van der Waals surface area (Å²) < 4.78 is 14.5. The van der Waals surface area contributed by atoms with E-state index in [-0.39, 0.29) is 29.3 Å². The van der Waals surface area contributed by atoms with Gasteiger partial charge in [0.2, 0.25) is 5.91 Å². The molecule has 0 aliphatic rings. The third-order valence-electron chi connectivity index (χ3n) is 4.81. The largest absolute Gasteiger partial charge is 0.497 e. The Morgan fingerprint density at radius 3 is 2.26 bits per heavy atom. The van der Waals surface area contributed by atoms with Gasteiger partial charge in [-0.1, -0.05) is 12.1 Å². The zero-order chi connectivity index (χ0) is 24.7. The smallest absolute Gasteiger partial charge is 0.272 e. The van der Waals surface area contributed by atoms with Crippen LogP contribution < -0.4 is 31.2 Å². The number of nitrogens with two attached hydrogens (primary N) is 2. The Kier molecular flexibility index (Phi) is 8.04. The lowest BCUT2D eigenvalue weighted by Gasteiger charge is -2.22. The zero-order valence-corrected chi connectivity index (χ0v) is 19.6.